The van der Waals surface area contributed by atoms with Crippen molar-refractivity contribution in [1.82, 2.24) is 14.5 Å². The molecular formula is C19H23F3N4O4S. The van der Waals surface area contributed by atoms with E-state index in [2.05, 4.69) is 10.2 Å². The number of fused-ring (bicyclic) bond motifs is 1. The molecule has 1 saturated heterocycles. The van der Waals surface area contributed by atoms with Crippen LogP contribution in [-0.4, -0.2) is 42.2 Å². The van der Waals surface area contributed by atoms with Crippen LogP contribution in [0.5, 0.6) is 0 Å². The van der Waals surface area contributed by atoms with Crippen molar-refractivity contribution in [2.75, 3.05) is 17.4 Å². The lowest BCUT2D eigenvalue weighted by Gasteiger charge is -2.36. The van der Waals surface area contributed by atoms with Gasteiger partial charge in [-0.15, -0.1) is 5.10 Å². The van der Waals surface area contributed by atoms with E-state index in [0.29, 0.717) is 5.69 Å². The number of alkyl halides is 3. The summed E-state index contributed by atoms with van der Waals surface area (Å²) in [6, 6.07) is 2.54. The van der Waals surface area contributed by atoms with E-state index in [0.717, 1.165) is 25.3 Å². The molecule has 2 unspecified atom stereocenters. The van der Waals surface area contributed by atoms with Gasteiger partial charge in [-0.25, -0.2) is 14.2 Å². The van der Waals surface area contributed by atoms with Crippen molar-refractivity contribution in [1.29, 1.82) is 0 Å². The summed E-state index contributed by atoms with van der Waals surface area (Å²) < 4.78 is 73.8. The number of aryl methyl sites for hydroxylation is 1. The van der Waals surface area contributed by atoms with Crippen LogP contribution in [-0.2, 0) is 10.2 Å². The number of hydrogen-bond acceptors (Lipinski definition) is 5. The number of aromatic amines is 1. The molecule has 0 saturated carbocycles. The van der Waals surface area contributed by atoms with Gasteiger partial charge in [0.15, 0.2) is 0 Å². The fourth-order valence-corrected chi connectivity index (χ4v) is 6.48. The van der Waals surface area contributed by atoms with Crippen LogP contribution in [0.2, 0.25) is 0 Å². The average Bonchev–Trinajstić information content (AvgIpc) is 3.25. The summed E-state index contributed by atoms with van der Waals surface area (Å²) in [5, 5.41) is 6.02. The Labute approximate surface area is 177 Å². The van der Waals surface area contributed by atoms with Crippen LogP contribution in [0.4, 0.5) is 18.9 Å². The third-order valence-electron chi connectivity index (χ3n) is 6.38. The van der Waals surface area contributed by atoms with Gasteiger partial charge in [-0.3, -0.25) is 0 Å². The lowest BCUT2D eigenvalue weighted by molar-refractivity contribution is -0.182. The Balaban J connectivity index is 1.77. The maximum atomic E-state index is 13.7. The van der Waals surface area contributed by atoms with E-state index in [1.165, 1.54) is 0 Å². The van der Waals surface area contributed by atoms with Gasteiger partial charge >= 0.3 is 22.1 Å². The summed E-state index contributed by atoms with van der Waals surface area (Å²) >= 11 is 0. The fourth-order valence-electron chi connectivity index (χ4n) is 4.59. The lowest BCUT2D eigenvalue weighted by Crippen LogP contribution is -2.49. The highest BCUT2D eigenvalue weighted by Crippen LogP contribution is 2.52. The summed E-state index contributed by atoms with van der Waals surface area (Å²) in [5.74, 6) is -2.80. The molecule has 170 valence electrons. The summed E-state index contributed by atoms with van der Waals surface area (Å²) in [6.07, 6.45) is -4.94. The molecule has 2 aromatic rings. The lowest BCUT2D eigenvalue weighted by atomic mass is 9.91. The Morgan fingerprint density at radius 2 is 1.84 bits per heavy atom. The quantitative estimate of drug-likeness (QED) is 0.759. The van der Waals surface area contributed by atoms with Crippen LogP contribution in [0.15, 0.2) is 21.3 Å². The Morgan fingerprint density at radius 1 is 1.19 bits per heavy atom. The van der Waals surface area contributed by atoms with Crippen molar-refractivity contribution in [3.8, 4) is 0 Å². The van der Waals surface area contributed by atoms with Crippen molar-refractivity contribution >= 4 is 15.9 Å². The molecule has 1 aromatic carbocycles. The van der Waals surface area contributed by atoms with E-state index in [1.807, 2.05) is 20.8 Å². The van der Waals surface area contributed by atoms with Gasteiger partial charge in [-0.2, -0.15) is 25.9 Å². The molecule has 0 bridgehead atoms. The van der Waals surface area contributed by atoms with Crippen molar-refractivity contribution < 1.29 is 26.0 Å². The molecule has 0 aliphatic carbocycles. The molecular weight excluding hydrogens is 437 g/mol. The number of nitrogens with one attached hydrogen (secondary N) is 1. The van der Waals surface area contributed by atoms with E-state index in [4.69, 9.17) is 4.42 Å². The molecule has 4 rings (SSSR count). The van der Waals surface area contributed by atoms with Crippen LogP contribution < -0.4 is 10.1 Å². The van der Waals surface area contributed by atoms with Crippen molar-refractivity contribution in [3.63, 3.8) is 0 Å². The first-order valence-corrected chi connectivity index (χ1v) is 11.3. The van der Waals surface area contributed by atoms with Crippen molar-refractivity contribution in [3.05, 3.63) is 45.3 Å². The summed E-state index contributed by atoms with van der Waals surface area (Å²) in [7, 11) is -4.21. The molecule has 1 aromatic heterocycles. The third kappa shape index (κ3) is 3.55. The Bertz CT molecular complexity index is 1150. The number of nitrogens with zero attached hydrogens (tertiary/aromatic N) is 3. The van der Waals surface area contributed by atoms with Gasteiger partial charge in [0.05, 0.1) is 11.6 Å². The smallest absolute Gasteiger partial charge is 0.390 e. The van der Waals surface area contributed by atoms with E-state index in [-0.39, 0.29) is 37.7 Å². The minimum absolute atomic E-state index is 0.0838. The second-order valence-electron chi connectivity index (χ2n) is 8.14. The normalized spacial score (nSPS) is 23.4. The van der Waals surface area contributed by atoms with Crippen LogP contribution in [0.1, 0.15) is 54.3 Å². The third-order valence-corrected chi connectivity index (χ3v) is 8.32. The average molecular weight is 460 g/mol. The second kappa shape index (κ2) is 7.37. The zero-order valence-electron chi connectivity index (χ0n) is 17.2. The number of H-pyrrole nitrogens is 1. The predicted molar refractivity (Wildman–Crippen MR) is 106 cm³/mol. The van der Waals surface area contributed by atoms with Gasteiger partial charge in [0, 0.05) is 19.0 Å². The van der Waals surface area contributed by atoms with Crippen LogP contribution >= 0.6 is 0 Å². The van der Waals surface area contributed by atoms with E-state index < -0.39 is 34.1 Å². The minimum Gasteiger partial charge on any atom is -0.390 e. The Kier molecular flexibility index (Phi) is 5.20. The molecule has 2 aliphatic heterocycles. The van der Waals surface area contributed by atoms with E-state index in [1.54, 1.807) is 12.1 Å². The van der Waals surface area contributed by atoms with Crippen LogP contribution in [0.3, 0.4) is 0 Å². The number of anilines is 1. The molecule has 1 fully saturated rings. The maximum absolute atomic E-state index is 13.7. The second-order valence-corrected chi connectivity index (χ2v) is 9.95. The summed E-state index contributed by atoms with van der Waals surface area (Å²) in [6.45, 7) is 5.12. The highest BCUT2D eigenvalue weighted by Gasteiger charge is 2.50. The van der Waals surface area contributed by atoms with Gasteiger partial charge in [-0.05, 0) is 49.4 Å². The number of benzene rings is 1. The number of halogens is 3. The van der Waals surface area contributed by atoms with Crippen molar-refractivity contribution in [2.45, 2.75) is 51.7 Å². The standard InChI is InChI=1S/C19H23F3N4O4S/c1-10-4-5-14-15(11(10)2)12(3)16(17-23-24-18(27)30-17)26(14)31(28,29)25-8-6-13(7-9-25)19(20,21)22/h4-5,12-13,16H,6-9H2,1-3H3,(H,24,27). The Hall–Kier alpha value is -2.34. The molecule has 1 N–H and O–H groups in total. The zero-order valence-corrected chi connectivity index (χ0v) is 18.0. The van der Waals surface area contributed by atoms with Crippen LogP contribution in [0.25, 0.3) is 0 Å². The Morgan fingerprint density at radius 3 is 2.39 bits per heavy atom. The van der Waals surface area contributed by atoms with E-state index in [9.17, 15) is 26.4 Å². The highest BCUT2D eigenvalue weighted by atomic mass is 32.2. The summed E-state index contributed by atoms with van der Waals surface area (Å²) in [4.78, 5) is 11.6. The summed E-state index contributed by atoms with van der Waals surface area (Å²) in [5.41, 5.74) is 3.08. The molecule has 31 heavy (non-hydrogen) atoms. The minimum atomic E-state index is -4.35. The maximum Gasteiger partial charge on any atom is 0.434 e. The molecule has 0 radical (unpaired) electrons. The molecule has 12 heteroatoms. The van der Waals surface area contributed by atoms with Gasteiger partial charge in [-0.1, -0.05) is 13.0 Å². The number of aromatic nitrogens is 2. The van der Waals surface area contributed by atoms with Crippen LogP contribution in [0, 0.1) is 19.8 Å². The molecule has 2 aliphatic rings. The first-order chi connectivity index (χ1) is 14.4. The monoisotopic (exact) mass is 460 g/mol. The number of hydrogen-bond donors (Lipinski definition) is 1. The zero-order chi connectivity index (χ0) is 22.7. The number of piperidine rings is 1. The molecule has 3 heterocycles. The molecule has 2 atom stereocenters. The predicted octanol–water partition coefficient (Wildman–Crippen LogP) is 3.16. The van der Waals surface area contributed by atoms with E-state index >= 15 is 0 Å². The first-order valence-electron chi connectivity index (χ1n) is 9.94. The number of rotatable bonds is 3. The largest absolute Gasteiger partial charge is 0.434 e. The highest BCUT2D eigenvalue weighted by molar-refractivity contribution is 7.90. The topological polar surface area (TPSA) is 99.5 Å². The molecule has 8 nitrogen and oxygen atoms in total. The first kappa shape index (κ1) is 21.9. The van der Waals surface area contributed by atoms with Gasteiger partial charge in [0.25, 0.3) is 0 Å². The van der Waals surface area contributed by atoms with Gasteiger partial charge < -0.3 is 4.42 Å². The van der Waals surface area contributed by atoms with Gasteiger partial charge in [0.1, 0.15) is 6.04 Å². The van der Waals surface area contributed by atoms with Crippen molar-refractivity contribution in [2.24, 2.45) is 5.92 Å². The SMILES string of the molecule is Cc1ccc2c(c1C)C(C)C(c1n[nH]c(=O)o1)N2S(=O)(=O)N1CCC(C(F)(F)F)CC1. The molecule has 0 spiro atoms. The molecule has 0 amide bonds. The fraction of sp³-hybridized carbons (Fsp3) is 0.579. The van der Waals surface area contributed by atoms with Gasteiger partial charge in [0.2, 0.25) is 5.89 Å².